The maximum atomic E-state index is 12.3. The molecule has 1 aromatic rings. The van der Waals surface area contributed by atoms with Crippen molar-refractivity contribution < 1.29 is 4.79 Å². The van der Waals surface area contributed by atoms with Crippen LogP contribution in [0.3, 0.4) is 0 Å². The van der Waals surface area contributed by atoms with E-state index in [9.17, 15) is 4.79 Å². The van der Waals surface area contributed by atoms with Crippen LogP contribution in [0.15, 0.2) is 12.4 Å². The van der Waals surface area contributed by atoms with E-state index in [2.05, 4.69) is 10.00 Å². The Labute approximate surface area is 112 Å². The third kappa shape index (κ3) is 3.23. The lowest BCUT2D eigenvalue weighted by Gasteiger charge is -2.20. The summed E-state index contributed by atoms with van der Waals surface area (Å²) in [6, 6.07) is 0. The Balaban J connectivity index is 1.95. The Morgan fingerprint density at radius 2 is 2.22 bits per heavy atom. The van der Waals surface area contributed by atoms with Crippen molar-refractivity contribution in [2.75, 3.05) is 38.6 Å². The summed E-state index contributed by atoms with van der Waals surface area (Å²) in [7, 11) is 1.82. The van der Waals surface area contributed by atoms with E-state index < -0.39 is 0 Å². The predicted molar refractivity (Wildman–Crippen MR) is 70.9 cm³/mol. The summed E-state index contributed by atoms with van der Waals surface area (Å²) >= 11 is 5.75. The number of rotatable bonds is 3. The van der Waals surface area contributed by atoms with Gasteiger partial charge in [0.15, 0.2) is 0 Å². The summed E-state index contributed by atoms with van der Waals surface area (Å²) < 4.78 is 1.66. The number of hydrogen-bond donors (Lipinski definition) is 0. The number of halogens is 1. The molecule has 0 unspecified atom stereocenters. The van der Waals surface area contributed by atoms with E-state index in [0.717, 1.165) is 39.1 Å². The molecule has 0 bridgehead atoms. The maximum absolute atomic E-state index is 12.3. The van der Waals surface area contributed by atoms with Crippen molar-refractivity contribution in [3.63, 3.8) is 0 Å². The van der Waals surface area contributed by atoms with Gasteiger partial charge in [0, 0.05) is 45.3 Å². The van der Waals surface area contributed by atoms with Crippen molar-refractivity contribution in [2.45, 2.75) is 6.42 Å². The number of carbonyl (C=O) groups excluding carboxylic acids is 1. The van der Waals surface area contributed by atoms with Crippen molar-refractivity contribution in [3.05, 3.63) is 18.0 Å². The number of alkyl halides is 1. The molecule has 1 fully saturated rings. The Morgan fingerprint density at radius 1 is 1.39 bits per heavy atom. The van der Waals surface area contributed by atoms with Gasteiger partial charge in [-0.3, -0.25) is 9.48 Å². The number of aryl methyl sites for hydroxylation is 1. The fourth-order valence-corrected chi connectivity index (χ4v) is 2.47. The SMILES string of the molecule is Cn1cc(C(=O)N2CCCN(CCCl)CC2)cn1. The van der Waals surface area contributed by atoms with E-state index >= 15 is 0 Å². The van der Waals surface area contributed by atoms with Crippen LogP contribution in [0.2, 0.25) is 0 Å². The number of aromatic nitrogens is 2. The maximum Gasteiger partial charge on any atom is 0.257 e. The lowest BCUT2D eigenvalue weighted by atomic mass is 10.3. The average Bonchev–Trinajstić information content (AvgIpc) is 2.65. The summed E-state index contributed by atoms with van der Waals surface area (Å²) in [6.45, 7) is 4.40. The van der Waals surface area contributed by atoms with Crippen molar-refractivity contribution in [3.8, 4) is 0 Å². The first-order valence-electron chi connectivity index (χ1n) is 6.27. The number of nitrogens with zero attached hydrogens (tertiary/aromatic N) is 4. The molecule has 2 heterocycles. The van der Waals surface area contributed by atoms with Gasteiger partial charge < -0.3 is 9.80 Å². The van der Waals surface area contributed by atoms with Gasteiger partial charge in [-0.2, -0.15) is 5.10 Å². The highest BCUT2D eigenvalue weighted by Crippen LogP contribution is 2.08. The quantitative estimate of drug-likeness (QED) is 0.763. The first-order chi connectivity index (χ1) is 8.70. The Kier molecular flexibility index (Phi) is 4.60. The number of carbonyl (C=O) groups is 1. The Morgan fingerprint density at radius 3 is 2.89 bits per heavy atom. The summed E-state index contributed by atoms with van der Waals surface area (Å²) in [6.07, 6.45) is 4.40. The molecule has 0 spiro atoms. The van der Waals surface area contributed by atoms with E-state index in [-0.39, 0.29) is 5.91 Å². The third-order valence-electron chi connectivity index (χ3n) is 3.23. The highest BCUT2D eigenvalue weighted by atomic mass is 35.5. The molecule has 1 saturated heterocycles. The second kappa shape index (κ2) is 6.20. The fourth-order valence-electron chi connectivity index (χ4n) is 2.23. The molecule has 1 aromatic heterocycles. The molecule has 5 nitrogen and oxygen atoms in total. The highest BCUT2D eigenvalue weighted by Gasteiger charge is 2.20. The van der Waals surface area contributed by atoms with Crippen LogP contribution in [0.4, 0.5) is 0 Å². The largest absolute Gasteiger partial charge is 0.337 e. The van der Waals surface area contributed by atoms with Gasteiger partial charge >= 0.3 is 0 Å². The molecule has 0 aromatic carbocycles. The molecule has 0 atom stereocenters. The Hall–Kier alpha value is -1.07. The molecule has 0 saturated carbocycles. The van der Waals surface area contributed by atoms with Gasteiger partial charge in [0.1, 0.15) is 0 Å². The van der Waals surface area contributed by atoms with Crippen LogP contribution < -0.4 is 0 Å². The molecule has 1 amide bonds. The molecule has 100 valence electrons. The third-order valence-corrected chi connectivity index (χ3v) is 3.40. The van der Waals surface area contributed by atoms with Crippen molar-refractivity contribution >= 4 is 17.5 Å². The van der Waals surface area contributed by atoms with Crippen LogP contribution in [-0.2, 0) is 7.05 Å². The zero-order chi connectivity index (χ0) is 13.0. The monoisotopic (exact) mass is 270 g/mol. The molecule has 1 aliphatic rings. The van der Waals surface area contributed by atoms with Gasteiger partial charge in [-0.15, -0.1) is 11.6 Å². The van der Waals surface area contributed by atoms with Crippen LogP contribution in [-0.4, -0.2) is 64.1 Å². The molecule has 18 heavy (non-hydrogen) atoms. The molecule has 0 aliphatic carbocycles. The van der Waals surface area contributed by atoms with Gasteiger partial charge in [0.25, 0.3) is 5.91 Å². The normalized spacial score (nSPS) is 17.8. The lowest BCUT2D eigenvalue weighted by Crippen LogP contribution is -2.35. The number of hydrogen-bond acceptors (Lipinski definition) is 3. The highest BCUT2D eigenvalue weighted by molar-refractivity contribution is 6.18. The van der Waals surface area contributed by atoms with Crippen LogP contribution in [0.5, 0.6) is 0 Å². The van der Waals surface area contributed by atoms with Gasteiger partial charge in [0.2, 0.25) is 0 Å². The zero-order valence-corrected chi connectivity index (χ0v) is 11.4. The van der Waals surface area contributed by atoms with Crippen LogP contribution in [0.1, 0.15) is 16.8 Å². The predicted octanol–water partition coefficient (Wildman–Crippen LogP) is 0.807. The average molecular weight is 271 g/mol. The topological polar surface area (TPSA) is 41.4 Å². The molecular weight excluding hydrogens is 252 g/mol. The van der Waals surface area contributed by atoms with Gasteiger partial charge in [-0.25, -0.2) is 0 Å². The zero-order valence-electron chi connectivity index (χ0n) is 10.7. The molecule has 6 heteroatoms. The fraction of sp³-hybridized carbons (Fsp3) is 0.667. The molecule has 1 aliphatic heterocycles. The summed E-state index contributed by atoms with van der Waals surface area (Å²) in [5, 5.41) is 4.04. The van der Waals surface area contributed by atoms with Crippen LogP contribution >= 0.6 is 11.6 Å². The smallest absolute Gasteiger partial charge is 0.257 e. The summed E-state index contributed by atoms with van der Waals surface area (Å²) in [4.78, 5) is 16.5. The Bertz CT molecular complexity index is 407. The van der Waals surface area contributed by atoms with Crippen LogP contribution in [0.25, 0.3) is 0 Å². The van der Waals surface area contributed by atoms with Crippen molar-refractivity contribution in [2.24, 2.45) is 7.05 Å². The molecule has 0 N–H and O–H groups in total. The van der Waals surface area contributed by atoms with E-state index in [1.165, 1.54) is 0 Å². The first kappa shape index (κ1) is 13.4. The minimum absolute atomic E-state index is 0.0795. The standard InChI is InChI=1S/C12H19ClN4O/c1-15-10-11(9-14-15)12(18)17-5-2-4-16(6-3-13)7-8-17/h9-10H,2-8H2,1H3. The van der Waals surface area contributed by atoms with E-state index in [4.69, 9.17) is 11.6 Å². The second-order valence-electron chi connectivity index (χ2n) is 4.58. The lowest BCUT2D eigenvalue weighted by molar-refractivity contribution is 0.0761. The second-order valence-corrected chi connectivity index (χ2v) is 4.96. The van der Waals surface area contributed by atoms with E-state index in [1.54, 1.807) is 17.1 Å². The van der Waals surface area contributed by atoms with E-state index in [1.807, 2.05) is 11.9 Å². The minimum atomic E-state index is 0.0795. The summed E-state index contributed by atoms with van der Waals surface area (Å²) in [5.41, 5.74) is 0.670. The van der Waals surface area contributed by atoms with Crippen molar-refractivity contribution in [1.29, 1.82) is 0 Å². The van der Waals surface area contributed by atoms with Crippen LogP contribution in [0, 0.1) is 0 Å². The van der Waals surface area contributed by atoms with Gasteiger partial charge in [-0.05, 0) is 13.0 Å². The molecule has 0 radical (unpaired) electrons. The van der Waals surface area contributed by atoms with Crippen molar-refractivity contribution in [1.82, 2.24) is 19.6 Å². The number of amides is 1. The molecule has 2 rings (SSSR count). The van der Waals surface area contributed by atoms with E-state index in [0.29, 0.717) is 11.4 Å². The first-order valence-corrected chi connectivity index (χ1v) is 6.80. The van der Waals surface area contributed by atoms with Gasteiger partial charge in [-0.1, -0.05) is 0 Å². The van der Waals surface area contributed by atoms with Gasteiger partial charge in [0.05, 0.1) is 11.8 Å². The molecular formula is C12H19ClN4O. The minimum Gasteiger partial charge on any atom is -0.337 e. The summed E-state index contributed by atoms with van der Waals surface area (Å²) in [5.74, 6) is 0.729.